The zero-order valence-electron chi connectivity index (χ0n) is 75.6. The molecular weight excluding hydrogens is 1720 g/mol. The Labute approximate surface area is 805 Å². The van der Waals surface area contributed by atoms with Gasteiger partial charge in [0.15, 0.2) is 0 Å². The maximum absolute atomic E-state index is 10.5. The van der Waals surface area contributed by atoms with Crippen molar-refractivity contribution in [3.8, 4) is 85.7 Å². The van der Waals surface area contributed by atoms with Gasteiger partial charge in [0.05, 0.1) is 134 Å². The van der Waals surface area contributed by atoms with Crippen LogP contribution in [0, 0.1) is 34.0 Å². The number of aromatic nitrogens is 6. The van der Waals surface area contributed by atoms with Gasteiger partial charge >= 0.3 is 0 Å². The quantitative estimate of drug-likeness (QED) is 0.141. The third-order valence-corrected chi connectivity index (χ3v) is 28.7. The number of para-hydroxylation sites is 15. The number of nitriles is 3. The van der Waals surface area contributed by atoms with E-state index in [1.807, 2.05) is 54.6 Å². The summed E-state index contributed by atoms with van der Waals surface area (Å²) in [5.74, 6) is 0. The number of hydrogen-bond donors (Lipinski definition) is 0. The lowest BCUT2D eigenvalue weighted by Gasteiger charge is -2.15. The first-order chi connectivity index (χ1) is 69.9. The molecule has 0 aliphatic heterocycles. The molecule has 9 heterocycles. The minimum Gasteiger partial charge on any atom is -0.455 e. The first-order valence-electron chi connectivity index (χ1n) is 47.3. The molecule has 12 heteroatoms. The van der Waals surface area contributed by atoms with Crippen LogP contribution in [0.5, 0.6) is 0 Å². The SMILES string of the molecule is N#Cc1ccc(-c2cccc3c2oc2c3ccc3c2c2ccccc2n3-c2ccccc2)c(-n2c3ccccc3c3ccccc32)c1.N#Cc1ccc(-n2c3ccccc3c3ccccc32)c(-c2cccc3c2oc2c3ccc3c2c2ccccc2n3-c2ccccc2)c1.N#Cc1cccc(-n2c3ccccc3c3ccccc32)c1-c1cccc2c1oc1c2ccc2c1c1ccccc1n2-c1ccccc1. The van der Waals surface area contributed by atoms with E-state index < -0.39 is 0 Å². The van der Waals surface area contributed by atoms with Crippen molar-refractivity contribution >= 4 is 197 Å². The molecule has 0 unspecified atom stereocenters. The van der Waals surface area contributed by atoms with Gasteiger partial charge in [0.2, 0.25) is 0 Å². The van der Waals surface area contributed by atoms with Gasteiger partial charge in [-0.2, -0.15) is 15.8 Å². The smallest absolute Gasteiger partial charge is 0.145 e. The second-order valence-corrected chi connectivity index (χ2v) is 36.0. The normalized spacial score (nSPS) is 11.8. The van der Waals surface area contributed by atoms with E-state index in [1.165, 1.54) is 32.3 Å². The van der Waals surface area contributed by atoms with E-state index >= 15 is 0 Å². The maximum Gasteiger partial charge on any atom is 0.145 e. The molecule has 30 aromatic rings. The summed E-state index contributed by atoms with van der Waals surface area (Å²) in [5.41, 5.74) is 32.0. The summed E-state index contributed by atoms with van der Waals surface area (Å²) in [6.07, 6.45) is 0. The number of furan rings is 3. The van der Waals surface area contributed by atoms with Gasteiger partial charge in [-0.15, -0.1) is 0 Å². The Balaban J connectivity index is 0.000000104. The summed E-state index contributed by atoms with van der Waals surface area (Å²) >= 11 is 0. The van der Waals surface area contributed by atoms with Crippen molar-refractivity contribution in [2.75, 3.05) is 0 Å². The van der Waals surface area contributed by atoms with Crippen molar-refractivity contribution < 1.29 is 13.3 Å². The number of fused-ring (bicyclic) bond motifs is 30. The summed E-state index contributed by atoms with van der Waals surface area (Å²) < 4.78 is 34.9. The van der Waals surface area contributed by atoms with Crippen molar-refractivity contribution in [3.05, 3.63) is 472 Å². The molecule has 654 valence electrons. The van der Waals surface area contributed by atoms with Crippen LogP contribution in [0.3, 0.4) is 0 Å². The summed E-state index contributed by atoms with van der Waals surface area (Å²) in [7, 11) is 0. The van der Waals surface area contributed by atoms with Gasteiger partial charge in [0.1, 0.15) is 33.5 Å². The van der Waals surface area contributed by atoms with E-state index in [-0.39, 0.29) is 0 Å². The van der Waals surface area contributed by atoms with E-state index in [0.717, 1.165) is 232 Å². The molecule has 12 nitrogen and oxygen atoms in total. The van der Waals surface area contributed by atoms with E-state index in [1.54, 1.807) is 0 Å². The van der Waals surface area contributed by atoms with Gasteiger partial charge in [-0.3, -0.25) is 0 Å². The molecule has 0 aliphatic rings. The van der Waals surface area contributed by atoms with Crippen LogP contribution < -0.4 is 0 Å². The lowest BCUT2D eigenvalue weighted by atomic mass is 9.96. The lowest BCUT2D eigenvalue weighted by Crippen LogP contribution is -1.99. The highest BCUT2D eigenvalue weighted by atomic mass is 16.3. The van der Waals surface area contributed by atoms with Gasteiger partial charge in [-0.25, -0.2) is 0 Å². The molecule has 0 spiro atoms. The van der Waals surface area contributed by atoms with E-state index in [9.17, 15) is 15.8 Å². The average Bonchev–Trinajstić information content (AvgIpc) is 1.56. The van der Waals surface area contributed by atoms with Crippen LogP contribution in [-0.2, 0) is 0 Å². The average molecular weight is 1800 g/mol. The van der Waals surface area contributed by atoms with Gasteiger partial charge < -0.3 is 40.7 Å². The first-order valence-corrected chi connectivity index (χ1v) is 47.3. The Morgan fingerprint density at radius 2 is 0.447 bits per heavy atom. The molecule has 0 radical (unpaired) electrons. The Hall–Kier alpha value is -19.7. The van der Waals surface area contributed by atoms with Crippen LogP contribution in [0.25, 0.3) is 264 Å². The fraction of sp³-hybridized carbons (Fsp3) is 0. The molecule has 0 N–H and O–H groups in total. The number of nitrogens with zero attached hydrogens (tertiary/aromatic N) is 9. The summed E-state index contributed by atoms with van der Waals surface area (Å²) in [5, 5.41) is 50.7. The second-order valence-electron chi connectivity index (χ2n) is 36.0. The monoisotopic (exact) mass is 1800 g/mol. The molecule has 9 aromatic heterocycles. The zero-order valence-corrected chi connectivity index (χ0v) is 75.6. The molecule has 141 heavy (non-hydrogen) atoms. The molecule has 0 bridgehead atoms. The molecule has 0 amide bonds. The largest absolute Gasteiger partial charge is 0.455 e. The Morgan fingerprint density at radius 1 is 0.163 bits per heavy atom. The van der Waals surface area contributed by atoms with Crippen LogP contribution in [0.4, 0.5) is 0 Å². The fourth-order valence-electron chi connectivity index (χ4n) is 22.8. The maximum atomic E-state index is 10.5. The van der Waals surface area contributed by atoms with Gasteiger partial charge in [-0.05, 0) is 170 Å². The van der Waals surface area contributed by atoms with Crippen LogP contribution >= 0.6 is 0 Å². The predicted molar refractivity (Wildman–Crippen MR) is 578 cm³/mol. The molecule has 30 rings (SSSR count). The van der Waals surface area contributed by atoms with E-state index in [4.69, 9.17) is 13.3 Å². The molecule has 0 fully saturated rings. The highest BCUT2D eigenvalue weighted by Crippen LogP contribution is 2.51. The van der Waals surface area contributed by atoms with Gasteiger partial charge in [0, 0.05) is 131 Å². The molecule has 0 saturated heterocycles. The van der Waals surface area contributed by atoms with Crippen molar-refractivity contribution in [1.82, 2.24) is 27.4 Å². The zero-order chi connectivity index (χ0) is 93.2. The molecular formula is C129H75N9O3. The topological polar surface area (TPSA) is 140 Å². The van der Waals surface area contributed by atoms with Gasteiger partial charge in [-0.1, -0.05) is 285 Å². The third kappa shape index (κ3) is 12.0. The Morgan fingerprint density at radius 3 is 0.816 bits per heavy atom. The van der Waals surface area contributed by atoms with Gasteiger partial charge in [0.25, 0.3) is 0 Å². The second kappa shape index (κ2) is 31.7. The van der Waals surface area contributed by atoms with Crippen LogP contribution in [0.2, 0.25) is 0 Å². The number of hydrogen-bond acceptors (Lipinski definition) is 6. The fourth-order valence-corrected chi connectivity index (χ4v) is 22.8. The minimum absolute atomic E-state index is 0.600. The first kappa shape index (κ1) is 79.8. The molecule has 21 aromatic carbocycles. The highest BCUT2D eigenvalue weighted by molar-refractivity contribution is 6.29. The summed E-state index contributed by atoms with van der Waals surface area (Å²) in [4.78, 5) is 0. The Kier molecular flexibility index (Phi) is 18.0. The Bertz CT molecular complexity index is 10400. The van der Waals surface area contributed by atoms with Crippen LogP contribution in [-0.4, -0.2) is 27.4 Å². The van der Waals surface area contributed by atoms with E-state index in [0.29, 0.717) is 16.7 Å². The van der Waals surface area contributed by atoms with Crippen molar-refractivity contribution in [1.29, 1.82) is 15.8 Å². The highest BCUT2D eigenvalue weighted by Gasteiger charge is 2.30. The van der Waals surface area contributed by atoms with Crippen LogP contribution in [0.15, 0.2) is 468 Å². The van der Waals surface area contributed by atoms with E-state index in [2.05, 4.69) is 446 Å². The summed E-state index contributed by atoms with van der Waals surface area (Å²) in [6.45, 7) is 0. The predicted octanol–water partition coefficient (Wildman–Crippen LogP) is 34.0. The molecule has 0 atom stereocenters. The molecule has 0 saturated carbocycles. The molecule has 0 aliphatic carbocycles. The third-order valence-electron chi connectivity index (χ3n) is 28.7. The van der Waals surface area contributed by atoms with Crippen molar-refractivity contribution in [2.24, 2.45) is 0 Å². The standard InChI is InChI=1S/3C43H25N3O/c44-26-27-12-10-23-38(46-35-20-7-4-15-29(35)30-16-5-8-21-36(30)46)40(27)34-19-11-18-31-32-24-25-39-41(43(32)47-42(31)34)33-17-6-9-22-37(33)45(39)28-13-2-1-3-14-28;44-26-27-21-23-39(46-36-18-7-4-13-29(36)30-14-5-8-19-37(30)46)35(25-27)32-17-10-16-31-33-22-24-40-41(43(33)47-42(31)32)34-15-6-9-20-38(34)45(40)28-11-2-1-3-12-28;44-26-27-21-22-31(40(25-27)46-36-18-7-4-13-29(36)30-14-5-8-19-37(30)46)32-16-10-17-33-34-23-24-39-41(43(34)47-42(32)33)35-15-6-9-20-38(35)45(39)28-11-2-1-3-12-28/h3*1-25H. The van der Waals surface area contributed by atoms with Crippen molar-refractivity contribution in [2.45, 2.75) is 0 Å². The number of rotatable bonds is 9. The van der Waals surface area contributed by atoms with Crippen LogP contribution in [0.1, 0.15) is 16.7 Å². The van der Waals surface area contributed by atoms with Crippen molar-refractivity contribution in [3.63, 3.8) is 0 Å². The number of benzene rings is 21. The minimum atomic E-state index is 0.600. The lowest BCUT2D eigenvalue weighted by molar-refractivity contribution is 0.673. The summed E-state index contributed by atoms with van der Waals surface area (Å²) in [6, 6.07) is 165.